The molecule has 8 nitrogen and oxygen atoms in total. The Morgan fingerprint density at radius 2 is 2.24 bits per heavy atom. The Hall–Kier alpha value is -2.99. The number of fused-ring (bicyclic) bond motifs is 1. The topological polar surface area (TPSA) is 123 Å². The van der Waals surface area contributed by atoms with Crippen LogP contribution in [0.25, 0.3) is 16.6 Å². The van der Waals surface area contributed by atoms with E-state index in [1.54, 1.807) is 0 Å². The van der Waals surface area contributed by atoms with Crippen molar-refractivity contribution in [3.8, 4) is 6.07 Å². The van der Waals surface area contributed by atoms with Crippen LogP contribution in [0.4, 0.5) is 0 Å². The summed E-state index contributed by atoms with van der Waals surface area (Å²) < 4.78 is 1.51. The van der Waals surface area contributed by atoms with E-state index in [9.17, 15) is 15.2 Å². The number of aromatic amines is 2. The summed E-state index contributed by atoms with van der Waals surface area (Å²) in [6.07, 6.45) is 0.789. The van der Waals surface area contributed by atoms with Gasteiger partial charge in [-0.05, 0) is 18.6 Å². The third kappa shape index (κ3) is 3.44. The van der Waals surface area contributed by atoms with Gasteiger partial charge in [0.25, 0.3) is 0 Å². The van der Waals surface area contributed by atoms with Crippen LogP contribution in [0, 0.1) is 11.3 Å². The second kappa shape index (κ2) is 7.27. The number of nitriles is 1. The number of imidazole rings is 1. The summed E-state index contributed by atoms with van der Waals surface area (Å²) >= 11 is 1.18. The SMILES string of the molecule is CCCn1c(SCC(O)=C(C#N)c2nc3ccccc3[nH]2)n[nH]c1=O. The molecule has 0 saturated heterocycles. The molecule has 0 aliphatic carbocycles. The first kappa shape index (κ1) is 16.9. The van der Waals surface area contributed by atoms with E-state index in [1.165, 1.54) is 16.3 Å². The number of allylic oxidation sites excluding steroid dienone is 1. The number of benzene rings is 1. The summed E-state index contributed by atoms with van der Waals surface area (Å²) in [6.45, 7) is 2.50. The average Bonchev–Trinajstić information content (AvgIpc) is 3.18. The van der Waals surface area contributed by atoms with Crippen LogP contribution in [-0.2, 0) is 6.54 Å². The lowest BCUT2D eigenvalue weighted by molar-refractivity contribution is 0.420. The standard InChI is InChI=1S/C16H16N6O2S/c1-2-7-22-15(24)20-21-16(22)25-9-13(23)10(8-17)14-18-11-5-3-4-6-12(11)19-14/h3-6,23H,2,7,9H2,1H3,(H,18,19)(H,20,24). The first-order valence-corrected chi connectivity index (χ1v) is 8.68. The van der Waals surface area contributed by atoms with Gasteiger partial charge in [0.1, 0.15) is 17.4 Å². The van der Waals surface area contributed by atoms with Gasteiger partial charge in [0.05, 0.1) is 16.8 Å². The van der Waals surface area contributed by atoms with Gasteiger partial charge in [-0.2, -0.15) is 5.26 Å². The van der Waals surface area contributed by atoms with E-state index >= 15 is 0 Å². The van der Waals surface area contributed by atoms with Crippen molar-refractivity contribution in [1.82, 2.24) is 24.7 Å². The molecule has 0 aliphatic rings. The van der Waals surface area contributed by atoms with Gasteiger partial charge in [0, 0.05) is 6.54 Å². The van der Waals surface area contributed by atoms with Gasteiger partial charge in [-0.1, -0.05) is 30.8 Å². The van der Waals surface area contributed by atoms with Crippen molar-refractivity contribution < 1.29 is 5.11 Å². The predicted octanol–water partition coefficient (Wildman–Crippen LogP) is 2.44. The Morgan fingerprint density at radius 1 is 1.44 bits per heavy atom. The zero-order chi connectivity index (χ0) is 17.8. The second-order valence-electron chi connectivity index (χ2n) is 5.29. The molecule has 0 unspecified atom stereocenters. The zero-order valence-electron chi connectivity index (χ0n) is 13.5. The lowest BCUT2D eigenvalue weighted by Gasteiger charge is -2.04. The maximum Gasteiger partial charge on any atom is 0.343 e. The van der Waals surface area contributed by atoms with Crippen LogP contribution in [0.15, 0.2) is 40.0 Å². The molecule has 2 heterocycles. The molecule has 3 rings (SSSR count). The number of rotatable bonds is 6. The summed E-state index contributed by atoms with van der Waals surface area (Å²) in [5.41, 5.74) is 1.29. The van der Waals surface area contributed by atoms with E-state index < -0.39 is 0 Å². The molecular formula is C16H16N6O2S. The normalized spacial score (nSPS) is 12.2. The van der Waals surface area contributed by atoms with Gasteiger partial charge in [0.2, 0.25) is 0 Å². The van der Waals surface area contributed by atoms with Crippen LogP contribution in [-0.4, -0.2) is 35.6 Å². The quantitative estimate of drug-likeness (QED) is 0.354. The van der Waals surface area contributed by atoms with Gasteiger partial charge < -0.3 is 10.1 Å². The lowest BCUT2D eigenvalue weighted by atomic mass is 10.2. The van der Waals surface area contributed by atoms with Crippen molar-refractivity contribution in [2.24, 2.45) is 0 Å². The third-order valence-corrected chi connectivity index (χ3v) is 4.52. The highest BCUT2D eigenvalue weighted by Gasteiger charge is 2.15. The van der Waals surface area contributed by atoms with E-state index in [4.69, 9.17) is 0 Å². The molecule has 25 heavy (non-hydrogen) atoms. The fraction of sp³-hybridized carbons (Fsp3) is 0.250. The fourth-order valence-corrected chi connectivity index (χ4v) is 3.22. The molecule has 0 fully saturated rings. The molecule has 3 aromatic rings. The molecule has 1 aromatic carbocycles. The number of H-pyrrole nitrogens is 2. The van der Waals surface area contributed by atoms with Crippen molar-refractivity contribution in [3.05, 3.63) is 46.3 Å². The Balaban J connectivity index is 1.85. The second-order valence-corrected chi connectivity index (χ2v) is 6.23. The molecule has 0 radical (unpaired) electrons. The van der Waals surface area contributed by atoms with Gasteiger partial charge >= 0.3 is 5.69 Å². The molecule has 9 heteroatoms. The molecule has 0 atom stereocenters. The molecule has 0 saturated carbocycles. The molecule has 3 N–H and O–H groups in total. The summed E-state index contributed by atoms with van der Waals surface area (Å²) in [7, 11) is 0. The van der Waals surface area contributed by atoms with Crippen LogP contribution in [0.3, 0.4) is 0 Å². The number of nitrogens with one attached hydrogen (secondary N) is 2. The first-order chi connectivity index (χ1) is 12.1. The molecule has 0 aliphatic heterocycles. The fourth-order valence-electron chi connectivity index (χ4n) is 2.36. The van der Waals surface area contributed by atoms with Gasteiger partial charge in [0.15, 0.2) is 11.0 Å². The molecular weight excluding hydrogens is 340 g/mol. The maximum absolute atomic E-state index is 11.7. The number of para-hydroxylation sites is 2. The predicted molar refractivity (Wildman–Crippen MR) is 95.1 cm³/mol. The summed E-state index contributed by atoms with van der Waals surface area (Å²) in [6, 6.07) is 9.37. The number of nitrogens with zero attached hydrogens (tertiary/aromatic N) is 4. The Kier molecular flexibility index (Phi) is 4.90. The Morgan fingerprint density at radius 3 is 2.96 bits per heavy atom. The van der Waals surface area contributed by atoms with Gasteiger partial charge in [-0.3, -0.25) is 4.57 Å². The van der Waals surface area contributed by atoms with E-state index in [0.29, 0.717) is 17.5 Å². The number of aromatic nitrogens is 5. The van der Waals surface area contributed by atoms with Gasteiger partial charge in [-0.15, -0.1) is 5.10 Å². The largest absolute Gasteiger partial charge is 0.510 e. The highest BCUT2D eigenvalue weighted by Crippen LogP contribution is 2.23. The van der Waals surface area contributed by atoms with Crippen LogP contribution < -0.4 is 5.69 Å². The lowest BCUT2D eigenvalue weighted by Crippen LogP contribution is -2.17. The average molecular weight is 356 g/mol. The molecule has 128 valence electrons. The van der Waals surface area contributed by atoms with Gasteiger partial charge in [-0.25, -0.2) is 14.9 Å². The summed E-state index contributed by atoms with van der Waals surface area (Å²) in [4.78, 5) is 19.0. The van der Waals surface area contributed by atoms with E-state index in [0.717, 1.165) is 17.5 Å². The summed E-state index contributed by atoms with van der Waals surface area (Å²) in [5, 5.41) is 26.5. The number of hydrogen-bond donors (Lipinski definition) is 3. The van der Waals surface area contributed by atoms with Crippen molar-refractivity contribution in [1.29, 1.82) is 5.26 Å². The summed E-state index contributed by atoms with van der Waals surface area (Å²) in [5.74, 6) is 0.299. The minimum atomic E-state index is -0.286. The van der Waals surface area contributed by atoms with Crippen LogP contribution in [0.1, 0.15) is 19.2 Å². The molecule has 0 spiro atoms. The minimum absolute atomic E-state index is 0.0728. The molecule has 0 amide bonds. The highest BCUT2D eigenvalue weighted by molar-refractivity contribution is 7.99. The first-order valence-electron chi connectivity index (χ1n) is 7.69. The zero-order valence-corrected chi connectivity index (χ0v) is 14.3. The molecule has 0 bridgehead atoms. The number of thioether (sulfide) groups is 1. The molecule has 2 aromatic heterocycles. The number of aliphatic hydroxyl groups excluding tert-OH is 1. The Labute approximate surface area is 147 Å². The van der Waals surface area contributed by atoms with Crippen LogP contribution >= 0.6 is 11.8 Å². The van der Waals surface area contributed by atoms with Crippen molar-refractivity contribution >= 4 is 28.4 Å². The van der Waals surface area contributed by atoms with Crippen molar-refractivity contribution in [2.45, 2.75) is 25.0 Å². The number of hydrogen-bond acceptors (Lipinski definition) is 6. The van der Waals surface area contributed by atoms with E-state index in [2.05, 4.69) is 20.2 Å². The number of aliphatic hydroxyl groups is 1. The monoisotopic (exact) mass is 356 g/mol. The van der Waals surface area contributed by atoms with E-state index in [-0.39, 0.29) is 22.8 Å². The maximum atomic E-state index is 11.7. The smallest absolute Gasteiger partial charge is 0.343 e. The minimum Gasteiger partial charge on any atom is -0.510 e. The van der Waals surface area contributed by atoms with Crippen LogP contribution in [0.2, 0.25) is 0 Å². The van der Waals surface area contributed by atoms with Crippen molar-refractivity contribution in [2.75, 3.05) is 5.75 Å². The third-order valence-electron chi connectivity index (χ3n) is 3.54. The van der Waals surface area contributed by atoms with Crippen molar-refractivity contribution in [3.63, 3.8) is 0 Å². The van der Waals surface area contributed by atoms with Crippen LogP contribution in [0.5, 0.6) is 0 Å². The highest BCUT2D eigenvalue weighted by atomic mass is 32.2. The van der Waals surface area contributed by atoms with E-state index in [1.807, 2.05) is 37.3 Å². The Bertz CT molecular complexity index is 990.